The van der Waals surface area contributed by atoms with E-state index >= 15 is 0 Å². The summed E-state index contributed by atoms with van der Waals surface area (Å²) in [5.41, 5.74) is 6.14. The summed E-state index contributed by atoms with van der Waals surface area (Å²) < 4.78 is 15.7. The molecule has 0 saturated heterocycles. The fraction of sp³-hybridized carbons (Fsp3) is 0.364. The summed E-state index contributed by atoms with van der Waals surface area (Å²) in [4.78, 5) is 11.7. The number of benzene rings is 1. The number of alkyl halides is 1. The third-order valence-electron chi connectivity index (χ3n) is 2.26. The smallest absolute Gasteiger partial charge is 0.392 e. The van der Waals surface area contributed by atoms with Gasteiger partial charge in [-0.1, -0.05) is 0 Å². The zero-order valence-electron chi connectivity index (χ0n) is 9.23. The molecule has 6 heteroatoms. The maximum atomic E-state index is 11.7. The van der Waals surface area contributed by atoms with Crippen molar-refractivity contribution < 1.29 is 19.0 Å². The van der Waals surface area contributed by atoms with Crippen molar-refractivity contribution in [3.8, 4) is 11.5 Å². The molecule has 2 N–H and O–H groups in total. The van der Waals surface area contributed by atoms with Crippen LogP contribution < -0.4 is 15.2 Å². The topological polar surface area (TPSA) is 70.8 Å². The van der Waals surface area contributed by atoms with E-state index in [1.54, 1.807) is 18.2 Å². The minimum atomic E-state index is -1.47. The lowest BCUT2D eigenvalue weighted by atomic mass is 10.3. The van der Waals surface area contributed by atoms with Crippen LogP contribution in [0.2, 0.25) is 0 Å². The second-order valence-corrected chi connectivity index (χ2v) is 4.06. The fourth-order valence-corrected chi connectivity index (χ4v) is 1.55. The first-order valence-electron chi connectivity index (χ1n) is 5.06. The highest BCUT2D eigenvalue weighted by molar-refractivity contribution is 6.18. The number of anilines is 1. The van der Waals surface area contributed by atoms with Gasteiger partial charge in [0.25, 0.3) is 0 Å². The Morgan fingerprint density at radius 1 is 1.47 bits per heavy atom. The van der Waals surface area contributed by atoms with E-state index < -0.39 is 11.8 Å². The minimum Gasteiger partial charge on any atom is -0.459 e. The van der Waals surface area contributed by atoms with Crippen LogP contribution in [0.4, 0.5) is 5.69 Å². The molecular weight excluding hydrogens is 246 g/mol. The summed E-state index contributed by atoms with van der Waals surface area (Å²) in [6, 6.07) is 4.90. The predicted molar refractivity (Wildman–Crippen MR) is 62.2 cm³/mol. The number of ether oxygens (including phenoxy) is 3. The molecule has 1 heterocycles. The molecule has 0 spiro atoms. The molecule has 1 aliphatic rings. The summed E-state index contributed by atoms with van der Waals surface area (Å²) in [5.74, 6) is -0.975. The number of carbonyl (C=O) groups is 1. The van der Waals surface area contributed by atoms with Gasteiger partial charge in [-0.2, -0.15) is 0 Å². The second-order valence-electron chi connectivity index (χ2n) is 3.68. The Bertz CT molecular complexity index is 451. The van der Waals surface area contributed by atoms with E-state index in [4.69, 9.17) is 31.5 Å². The van der Waals surface area contributed by atoms with E-state index in [1.165, 1.54) is 6.92 Å². The van der Waals surface area contributed by atoms with Gasteiger partial charge in [-0.25, -0.2) is 4.79 Å². The maximum Gasteiger partial charge on any atom is 0.392 e. The van der Waals surface area contributed by atoms with E-state index in [2.05, 4.69) is 0 Å². The van der Waals surface area contributed by atoms with E-state index in [0.29, 0.717) is 17.2 Å². The number of hydrogen-bond acceptors (Lipinski definition) is 5. The van der Waals surface area contributed by atoms with Crippen molar-refractivity contribution in [2.75, 3.05) is 18.2 Å². The zero-order valence-corrected chi connectivity index (χ0v) is 9.99. The molecule has 92 valence electrons. The Balaban J connectivity index is 2.14. The van der Waals surface area contributed by atoms with Gasteiger partial charge in [0.15, 0.2) is 11.5 Å². The second kappa shape index (κ2) is 4.33. The van der Waals surface area contributed by atoms with Crippen LogP contribution in [-0.4, -0.2) is 24.2 Å². The van der Waals surface area contributed by atoms with Crippen LogP contribution in [-0.2, 0) is 9.53 Å². The largest absolute Gasteiger partial charge is 0.459 e. The Morgan fingerprint density at radius 2 is 2.18 bits per heavy atom. The van der Waals surface area contributed by atoms with Gasteiger partial charge in [0.05, 0.1) is 5.88 Å². The van der Waals surface area contributed by atoms with Crippen LogP contribution in [0.3, 0.4) is 0 Å². The highest BCUT2D eigenvalue weighted by Crippen LogP contribution is 2.40. The molecule has 0 amide bonds. The number of rotatable bonds is 3. The summed E-state index contributed by atoms with van der Waals surface area (Å²) in [6.07, 6.45) is 0. The molecule has 1 atom stereocenters. The first kappa shape index (κ1) is 11.9. The maximum absolute atomic E-state index is 11.7. The van der Waals surface area contributed by atoms with Crippen molar-refractivity contribution >= 4 is 23.3 Å². The SMILES string of the molecule is CC1(C(=O)OCCCl)Oc2ccc(N)cc2O1. The summed E-state index contributed by atoms with van der Waals surface area (Å²) in [7, 11) is 0. The van der Waals surface area contributed by atoms with Crippen LogP contribution in [0.15, 0.2) is 18.2 Å². The normalized spacial score (nSPS) is 21.3. The summed E-state index contributed by atoms with van der Waals surface area (Å²) in [6.45, 7) is 1.60. The van der Waals surface area contributed by atoms with Crippen molar-refractivity contribution in [1.82, 2.24) is 0 Å². The quantitative estimate of drug-likeness (QED) is 0.505. The Labute approximate surface area is 103 Å². The lowest BCUT2D eigenvalue weighted by Gasteiger charge is -2.20. The molecule has 0 fully saturated rings. The average Bonchev–Trinajstić information content (AvgIpc) is 2.62. The van der Waals surface area contributed by atoms with Gasteiger partial charge in [-0.05, 0) is 12.1 Å². The molecule has 1 aromatic carbocycles. The van der Waals surface area contributed by atoms with E-state index in [0.717, 1.165) is 0 Å². The fourth-order valence-electron chi connectivity index (χ4n) is 1.47. The van der Waals surface area contributed by atoms with Gasteiger partial charge in [-0.3, -0.25) is 0 Å². The molecule has 0 aromatic heterocycles. The van der Waals surface area contributed by atoms with Crippen LogP contribution >= 0.6 is 11.6 Å². The number of nitrogen functional groups attached to an aromatic ring is 1. The zero-order chi connectivity index (χ0) is 12.5. The van der Waals surface area contributed by atoms with Gasteiger partial charge in [0.2, 0.25) is 0 Å². The molecule has 17 heavy (non-hydrogen) atoms. The molecule has 0 radical (unpaired) electrons. The van der Waals surface area contributed by atoms with Crippen LogP contribution in [0.5, 0.6) is 11.5 Å². The number of carbonyl (C=O) groups excluding carboxylic acids is 1. The van der Waals surface area contributed by atoms with Crippen LogP contribution in [0, 0.1) is 0 Å². The molecule has 0 bridgehead atoms. The van der Waals surface area contributed by atoms with E-state index in [9.17, 15) is 4.79 Å². The van der Waals surface area contributed by atoms with Gasteiger partial charge in [0.1, 0.15) is 6.61 Å². The van der Waals surface area contributed by atoms with Gasteiger partial charge >= 0.3 is 11.8 Å². The average molecular weight is 258 g/mol. The van der Waals surface area contributed by atoms with Crippen molar-refractivity contribution in [3.05, 3.63) is 18.2 Å². The molecule has 0 aliphatic carbocycles. The van der Waals surface area contributed by atoms with Crippen molar-refractivity contribution in [2.24, 2.45) is 0 Å². The molecule has 1 aromatic rings. The van der Waals surface area contributed by atoms with Crippen molar-refractivity contribution in [1.29, 1.82) is 0 Å². The Hall–Kier alpha value is -1.62. The third kappa shape index (κ3) is 2.24. The highest BCUT2D eigenvalue weighted by atomic mass is 35.5. The van der Waals surface area contributed by atoms with E-state index in [-0.39, 0.29) is 12.5 Å². The molecule has 0 saturated carbocycles. The number of fused-ring (bicyclic) bond motifs is 1. The Kier molecular flexibility index (Phi) is 3.02. The third-order valence-corrected chi connectivity index (χ3v) is 2.41. The van der Waals surface area contributed by atoms with E-state index in [1.807, 2.05) is 0 Å². The van der Waals surface area contributed by atoms with Gasteiger partial charge in [0, 0.05) is 18.7 Å². The number of nitrogens with two attached hydrogens (primary N) is 1. The lowest BCUT2D eigenvalue weighted by molar-refractivity contribution is -0.179. The van der Waals surface area contributed by atoms with Crippen LogP contribution in [0.1, 0.15) is 6.92 Å². The minimum absolute atomic E-state index is 0.112. The molecule has 1 unspecified atom stereocenters. The Morgan fingerprint density at radius 3 is 2.88 bits per heavy atom. The summed E-state index contributed by atoms with van der Waals surface area (Å²) >= 11 is 5.43. The lowest BCUT2D eigenvalue weighted by Crippen LogP contribution is -2.45. The highest BCUT2D eigenvalue weighted by Gasteiger charge is 2.46. The standard InChI is InChI=1S/C11H12ClNO4/c1-11(10(14)15-5-4-12)16-8-3-2-7(13)6-9(8)17-11/h2-3,6H,4-5,13H2,1H3. The number of hydrogen-bond donors (Lipinski definition) is 1. The number of esters is 1. The predicted octanol–water partition coefficient (Wildman–Crippen LogP) is 1.54. The first-order chi connectivity index (χ1) is 8.05. The molecule has 1 aliphatic heterocycles. The molecular formula is C11H12ClNO4. The van der Waals surface area contributed by atoms with Crippen molar-refractivity contribution in [3.63, 3.8) is 0 Å². The van der Waals surface area contributed by atoms with Gasteiger partial charge < -0.3 is 19.9 Å². The molecule has 5 nitrogen and oxygen atoms in total. The monoisotopic (exact) mass is 257 g/mol. The van der Waals surface area contributed by atoms with Gasteiger partial charge in [-0.15, -0.1) is 11.6 Å². The molecule has 2 rings (SSSR count). The van der Waals surface area contributed by atoms with Crippen molar-refractivity contribution in [2.45, 2.75) is 12.7 Å². The number of halogens is 1. The van der Waals surface area contributed by atoms with Crippen LogP contribution in [0.25, 0.3) is 0 Å². The first-order valence-corrected chi connectivity index (χ1v) is 5.59. The summed E-state index contributed by atoms with van der Waals surface area (Å²) in [5, 5.41) is 0.